The molecular formula is C17H17N3O4S. The summed E-state index contributed by atoms with van der Waals surface area (Å²) in [5.41, 5.74) is 3.36. The number of nitriles is 1. The van der Waals surface area contributed by atoms with E-state index in [4.69, 9.17) is 10.00 Å². The summed E-state index contributed by atoms with van der Waals surface area (Å²) in [5, 5.41) is 8.93. The fourth-order valence-corrected chi connectivity index (χ4v) is 2.81. The highest BCUT2D eigenvalue weighted by atomic mass is 32.2. The van der Waals surface area contributed by atoms with Crippen molar-refractivity contribution in [3.63, 3.8) is 0 Å². The van der Waals surface area contributed by atoms with Crippen LogP contribution >= 0.6 is 0 Å². The molecule has 0 saturated heterocycles. The highest BCUT2D eigenvalue weighted by Crippen LogP contribution is 2.16. The summed E-state index contributed by atoms with van der Waals surface area (Å²) in [6.07, 6.45) is 0.798. The van der Waals surface area contributed by atoms with Gasteiger partial charge in [-0.3, -0.25) is 10.2 Å². The molecule has 130 valence electrons. The van der Waals surface area contributed by atoms with Crippen LogP contribution in [0, 0.1) is 11.3 Å². The number of para-hydroxylation sites is 1. The molecule has 0 heterocycles. The van der Waals surface area contributed by atoms with Crippen molar-refractivity contribution >= 4 is 15.9 Å². The number of rotatable bonds is 7. The molecule has 0 aliphatic heterocycles. The Labute approximate surface area is 146 Å². The minimum absolute atomic E-state index is 0.0424. The Morgan fingerprint density at radius 3 is 2.48 bits per heavy atom. The molecule has 0 aliphatic rings. The highest BCUT2D eigenvalue weighted by molar-refractivity contribution is 7.89. The van der Waals surface area contributed by atoms with Crippen LogP contribution in [0.15, 0.2) is 53.4 Å². The second-order valence-electron chi connectivity index (χ2n) is 5.05. The van der Waals surface area contributed by atoms with E-state index in [2.05, 4.69) is 5.43 Å². The molecule has 0 spiro atoms. The Morgan fingerprint density at radius 2 is 1.84 bits per heavy atom. The molecule has 0 bridgehead atoms. The first-order valence-electron chi connectivity index (χ1n) is 7.48. The molecule has 0 atom stereocenters. The molecule has 1 amide bonds. The molecule has 8 heteroatoms. The van der Waals surface area contributed by atoms with Crippen LogP contribution in [0.1, 0.15) is 18.1 Å². The normalized spacial score (nSPS) is 10.7. The van der Waals surface area contributed by atoms with Gasteiger partial charge in [0.05, 0.1) is 10.5 Å². The van der Waals surface area contributed by atoms with Crippen LogP contribution in [-0.4, -0.2) is 20.9 Å². The molecule has 2 N–H and O–H groups in total. The third kappa shape index (κ3) is 5.04. The number of benzene rings is 2. The third-order valence-corrected chi connectivity index (χ3v) is 4.60. The van der Waals surface area contributed by atoms with Gasteiger partial charge in [0.25, 0.3) is 15.9 Å². The summed E-state index contributed by atoms with van der Waals surface area (Å²) in [7, 11) is -3.87. The van der Waals surface area contributed by atoms with Gasteiger partial charge in [-0.1, -0.05) is 31.2 Å². The van der Waals surface area contributed by atoms with Crippen molar-refractivity contribution in [1.82, 2.24) is 10.3 Å². The molecule has 0 unspecified atom stereocenters. The summed E-state index contributed by atoms with van der Waals surface area (Å²) in [6, 6.07) is 14.7. The minimum atomic E-state index is -3.87. The van der Waals surface area contributed by atoms with Crippen molar-refractivity contribution in [2.24, 2.45) is 0 Å². The summed E-state index contributed by atoms with van der Waals surface area (Å²) in [6.45, 7) is 1.53. The van der Waals surface area contributed by atoms with E-state index in [-0.39, 0.29) is 16.2 Å². The van der Waals surface area contributed by atoms with Crippen LogP contribution in [0.4, 0.5) is 0 Å². The average Bonchev–Trinajstić information content (AvgIpc) is 2.65. The van der Waals surface area contributed by atoms with Gasteiger partial charge in [-0.15, -0.1) is 4.83 Å². The van der Waals surface area contributed by atoms with Gasteiger partial charge in [-0.25, -0.2) is 8.42 Å². The van der Waals surface area contributed by atoms with Crippen molar-refractivity contribution < 1.29 is 17.9 Å². The van der Waals surface area contributed by atoms with Crippen molar-refractivity contribution in [1.29, 1.82) is 5.26 Å². The molecule has 0 saturated carbocycles. The number of carbonyl (C=O) groups is 1. The first kappa shape index (κ1) is 18.4. The molecule has 0 aliphatic carbocycles. The fraction of sp³-hybridized carbons (Fsp3) is 0.176. The van der Waals surface area contributed by atoms with Gasteiger partial charge in [0.1, 0.15) is 11.8 Å². The van der Waals surface area contributed by atoms with Gasteiger partial charge in [-0.2, -0.15) is 5.26 Å². The summed E-state index contributed by atoms with van der Waals surface area (Å²) in [4.78, 5) is 13.8. The lowest BCUT2D eigenvalue weighted by atomic mass is 10.2. The number of ether oxygens (including phenoxy) is 1. The Balaban J connectivity index is 1.91. The number of amides is 1. The maximum atomic E-state index is 12.1. The zero-order chi connectivity index (χ0) is 18.3. The number of nitrogens with one attached hydrogen (secondary N) is 2. The number of hydrogen-bond acceptors (Lipinski definition) is 5. The zero-order valence-electron chi connectivity index (χ0n) is 13.5. The molecule has 2 aromatic rings. The number of hydrogen-bond donors (Lipinski definition) is 2. The second kappa shape index (κ2) is 8.28. The van der Waals surface area contributed by atoms with Gasteiger partial charge in [0.15, 0.2) is 6.61 Å². The van der Waals surface area contributed by atoms with Crippen molar-refractivity contribution in [2.75, 3.05) is 6.61 Å². The Hall–Kier alpha value is -2.89. The molecule has 0 radical (unpaired) electrons. The lowest BCUT2D eigenvalue weighted by molar-refractivity contribution is -0.123. The predicted molar refractivity (Wildman–Crippen MR) is 90.9 cm³/mol. The van der Waals surface area contributed by atoms with Gasteiger partial charge in [0.2, 0.25) is 0 Å². The Kier molecular flexibility index (Phi) is 6.11. The first-order valence-corrected chi connectivity index (χ1v) is 8.96. The quantitative estimate of drug-likeness (QED) is 0.729. The second-order valence-corrected chi connectivity index (χ2v) is 6.73. The molecule has 0 fully saturated rings. The van der Waals surface area contributed by atoms with Crippen LogP contribution in [0.5, 0.6) is 5.75 Å². The van der Waals surface area contributed by atoms with Crippen LogP contribution in [0.25, 0.3) is 0 Å². The largest absolute Gasteiger partial charge is 0.482 e. The van der Waals surface area contributed by atoms with Crippen molar-refractivity contribution in [2.45, 2.75) is 18.2 Å². The van der Waals surface area contributed by atoms with Crippen molar-refractivity contribution in [3.8, 4) is 11.8 Å². The summed E-state index contributed by atoms with van der Waals surface area (Å²) < 4.78 is 29.4. The van der Waals surface area contributed by atoms with E-state index in [1.54, 1.807) is 36.4 Å². The van der Waals surface area contributed by atoms with E-state index in [1.807, 2.05) is 17.8 Å². The molecule has 2 aromatic carbocycles. The number of sulfonamides is 1. The van der Waals surface area contributed by atoms with E-state index < -0.39 is 22.5 Å². The number of aryl methyl sites for hydroxylation is 1. The third-order valence-electron chi connectivity index (χ3n) is 3.33. The molecule has 0 aromatic heterocycles. The summed E-state index contributed by atoms with van der Waals surface area (Å²) >= 11 is 0. The molecule has 25 heavy (non-hydrogen) atoms. The van der Waals surface area contributed by atoms with Crippen LogP contribution in [0.2, 0.25) is 0 Å². The van der Waals surface area contributed by atoms with Crippen LogP contribution in [0.3, 0.4) is 0 Å². The van der Waals surface area contributed by atoms with Gasteiger partial charge < -0.3 is 4.74 Å². The molecular weight excluding hydrogens is 342 g/mol. The summed E-state index contributed by atoms with van der Waals surface area (Å²) in [5.74, 6) is -0.445. The lowest BCUT2D eigenvalue weighted by Crippen LogP contribution is -2.43. The van der Waals surface area contributed by atoms with Gasteiger partial charge in [0, 0.05) is 0 Å². The van der Waals surface area contributed by atoms with Gasteiger partial charge in [-0.05, 0) is 36.2 Å². The van der Waals surface area contributed by atoms with E-state index in [9.17, 15) is 13.2 Å². The first-order chi connectivity index (χ1) is 12.0. The van der Waals surface area contributed by atoms with Crippen LogP contribution < -0.4 is 15.0 Å². The maximum Gasteiger partial charge on any atom is 0.272 e. The molecule has 2 rings (SSSR count). The molecule has 7 nitrogen and oxygen atoms in total. The number of hydrazine groups is 1. The maximum absolute atomic E-state index is 12.1. The monoisotopic (exact) mass is 359 g/mol. The topological polar surface area (TPSA) is 108 Å². The fourth-order valence-electron chi connectivity index (χ4n) is 1.95. The van der Waals surface area contributed by atoms with E-state index in [0.29, 0.717) is 0 Å². The number of nitrogens with zero attached hydrogens (tertiary/aromatic N) is 1. The van der Waals surface area contributed by atoms with Gasteiger partial charge >= 0.3 is 0 Å². The standard InChI is InChI=1S/C17H17N3O4S/c1-2-13-7-9-15(10-8-13)25(22,23)20-19-17(21)12-24-16-6-4-3-5-14(16)11-18/h3-10,20H,2,12H2,1H3,(H,19,21). The smallest absolute Gasteiger partial charge is 0.272 e. The highest BCUT2D eigenvalue weighted by Gasteiger charge is 2.15. The Morgan fingerprint density at radius 1 is 1.16 bits per heavy atom. The average molecular weight is 359 g/mol. The van der Waals surface area contributed by atoms with Crippen LogP contribution in [-0.2, 0) is 21.2 Å². The van der Waals surface area contributed by atoms with E-state index in [0.717, 1.165) is 12.0 Å². The predicted octanol–water partition coefficient (Wildman–Crippen LogP) is 1.51. The number of carbonyl (C=O) groups excluding carboxylic acids is 1. The Bertz CT molecular complexity index is 887. The lowest BCUT2D eigenvalue weighted by Gasteiger charge is -2.10. The SMILES string of the molecule is CCc1ccc(S(=O)(=O)NNC(=O)COc2ccccc2C#N)cc1. The van der Waals surface area contributed by atoms with Crippen molar-refractivity contribution in [3.05, 3.63) is 59.7 Å². The zero-order valence-corrected chi connectivity index (χ0v) is 14.3. The van der Waals surface area contributed by atoms with E-state index >= 15 is 0 Å². The van der Waals surface area contributed by atoms with E-state index in [1.165, 1.54) is 12.1 Å². The minimum Gasteiger partial charge on any atom is -0.482 e.